The van der Waals surface area contributed by atoms with Crippen molar-refractivity contribution in [2.75, 3.05) is 18.1 Å². The molecule has 1 atom stereocenters. The monoisotopic (exact) mass is 312 g/mol. The van der Waals surface area contributed by atoms with Gasteiger partial charge in [0, 0.05) is 18.3 Å². The van der Waals surface area contributed by atoms with E-state index in [9.17, 15) is 13.2 Å². The van der Waals surface area contributed by atoms with Crippen molar-refractivity contribution in [1.82, 2.24) is 10.3 Å². The highest BCUT2D eigenvalue weighted by molar-refractivity contribution is 7.91. The molecule has 114 valence electrons. The zero-order valence-electron chi connectivity index (χ0n) is 11.2. The van der Waals surface area contributed by atoms with Crippen molar-refractivity contribution in [3.63, 3.8) is 0 Å². The van der Waals surface area contributed by atoms with Gasteiger partial charge in [-0.3, -0.25) is 9.78 Å². The van der Waals surface area contributed by atoms with Gasteiger partial charge >= 0.3 is 0 Å². The molecule has 1 unspecified atom stereocenters. The number of carbonyl (C=O) groups is 1. The SMILES string of the molecule is NC(=NO)c1ccc(C(=O)NCC2CCS(=O)(=O)C2)nc1. The molecule has 9 heteroatoms. The van der Waals surface area contributed by atoms with Crippen molar-refractivity contribution in [2.24, 2.45) is 16.8 Å². The number of aromatic nitrogens is 1. The highest BCUT2D eigenvalue weighted by Crippen LogP contribution is 2.17. The largest absolute Gasteiger partial charge is 0.409 e. The van der Waals surface area contributed by atoms with E-state index in [4.69, 9.17) is 10.9 Å². The third kappa shape index (κ3) is 3.91. The number of hydrogen-bond donors (Lipinski definition) is 3. The molecule has 1 aromatic rings. The maximum atomic E-state index is 11.9. The fourth-order valence-corrected chi connectivity index (χ4v) is 3.96. The molecule has 4 N–H and O–H groups in total. The number of rotatable bonds is 4. The molecule has 21 heavy (non-hydrogen) atoms. The lowest BCUT2D eigenvalue weighted by Gasteiger charge is -2.09. The Morgan fingerprint density at radius 3 is 2.81 bits per heavy atom. The minimum Gasteiger partial charge on any atom is -0.409 e. The van der Waals surface area contributed by atoms with Gasteiger partial charge in [0.1, 0.15) is 5.69 Å². The lowest BCUT2D eigenvalue weighted by Crippen LogP contribution is -2.30. The molecule has 0 spiro atoms. The fourth-order valence-electron chi connectivity index (χ4n) is 2.10. The Morgan fingerprint density at radius 2 is 2.29 bits per heavy atom. The Balaban J connectivity index is 1.92. The van der Waals surface area contributed by atoms with Crippen LogP contribution in [0, 0.1) is 5.92 Å². The average Bonchev–Trinajstić information content (AvgIpc) is 2.83. The maximum absolute atomic E-state index is 11.9. The minimum atomic E-state index is -2.94. The van der Waals surface area contributed by atoms with Crippen LogP contribution < -0.4 is 11.1 Å². The number of pyridine rings is 1. The molecule has 0 saturated carbocycles. The van der Waals surface area contributed by atoms with E-state index in [-0.39, 0.29) is 34.9 Å². The summed E-state index contributed by atoms with van der Waals surface area (Å²) in [6.45, 7) is 0.307. The molecule has 0 aliphatic carbocycles. The van der Waals surface area contributed by atoms with E-state index in [1.165, 1.54) is 18.3 Å². The van der Waals surface area contributed by atoms with Gasteiger partial charge in [-0.2, -0.15) is 0 Å². The first-order chi connectivity index (χ1) is 9.91. The number of nitrogens with two attached hydrogens (primary N) is 1. The summed E-state index contributed by atoms with van der Waals surface area (Å²) in [5.41, 5.74) is 5.97. The van der Waals surface area contributed by atoms with Gasteiger partial charge in [-0.25, -0.2) is 8.42 Å². The van der Waals surface area contributed by atoms with Crippen LogP contribution >= 0.6 is 0 Å². The van der Waals surface area contributed by atoms with E-state index in [1.807, 2.05) is 0 Å². The van der Waals surface area contributed by atoms with Gasteiger partial charge in [0.05, 0.1) is 11.5 Å². The van der Waals surface area contributed by atoms with E-state index in [0.717, 1.165) is 0 Å². The second-order valence-corrected chi connectivity index (χ2v) is 7.13. The summed E-state index contributed by atoms with van der Waals surface area (Å²) in [6.07, 6.45) is 1.89. The van der Waals surface area contributed by atoms with Crippen LogP contribution in [0.25, 0.3) is 0 Å². The summed E-state index contributed by atoms with van der Waals surface area (Å²) >= 11 is 0. The van der Waals surface area contributed by atoms with E-state index >= 15 is 0 Å². The molecular formula is C12H16N4O4S. The quantitative estimate of drug-likeness (QED) is 0.292. The second-order valence-electron chi connectivity index (χ2n) is 4.90. The molecule has 1 fully saturated rings. The molecule has 8 nitrogen and oxygen atoms in total. The van der Waals surface area contributed by atoms with Crippen molar-refractivity contribution in [1.29, 1.82) is 0 Å². The average molecular weight is 312 g/mol. The van der Waals surface area contributed by atoms with Gasteiger partial charge in [0.2, 0.25) is 0 Å². The number of carbonyl (C=O) groups excluding carboxylic acids is 1. The Morgan fingerprint density at radius 1 is 1.52 bits per heavy atom. The summed E-state index contributed by atoms with van der Waals surface area (Å²) in [7, 11) is -2.94. The standard InChI is InChI=1S/C12H16N4O4S/c13-11(16-18)9-1-2-10(14-6-9)12(17)15-5-8-3-4-21(19,20)7-8/h1-2,6,8,18H,3-5,7H2,(H2,13,16)(H,15,17). The maximum Gasteiger partial charge on any atom is 0.269 e. The zero-order chi connectivity index (χ0) is 15.5. The number of hydrogen-bond acceptors (Lipinski definition) is 6. The summed E-state index contributed by atoms with van der Waals surface area (Å²) in [5, 5.41) is 14.0. The Bertz CT molecular complexity index is 654. The molecule has 0 aromatic carbocycles. The number of nitrogens with one attached hydrogen (secondary N) is 1. The van der Waals surface area contributed by atoms with Crippen molar-refractivity contribution in [3.8, 4) is 0 Å². The Labute approximate surface area is 122 Å². The molecule has 1 aliphatic rings. The predicted octanol–water partition coefficient (Wildman–Crippen LogP) is -0.659. The first kappa shape index (κ1) is 15.2. The summed E-state index contributed by atoms with van der Waals surface area (Å²) in [5.74, 6) is -0.227. The highest BCUT2D eigenvalue weighted by Gasteiger charge is 2.28. The predicted molar refractivity (Wildman–Crippen MR) is 75.8 cm³/mol. The lowest BCUT2D eigenvalue weighted by atomic mass is 10.1. The first-order valence-corrected chi connectivity index (χ1v) is 8.16. The van der Waals surface area contributed by atoms with E-state index in [2.05, 4.69) is 15.5 Å². The lowest BCUT2D eigenvalue weighted by molar-refractivity contribution is 0.0943. The normalized spacial score (nSPS) is 21.1. The third-order valence-electron chi connectivity index (χ3n) is 3.28. The van der Waals surface area contributed by atoms with Crippen LogP contribution in [0.15, 0.2) is 23.5 Å². The summed E-state index contributed by atoms with van der Waals surface area (Å²) in [4.78, 5) is 15.8. The highest BCUT2D eigenvalue weighted by atomic mass is 32.2. The van der Waals surface area contributed by atoms with Crippen LogP contribution in [0.3, 0.4) is 0 Å². The molecule has 2 heterocycles. The molecule has 0 bridgehead atoms. The van der Waals surface area contributed by atoms with Crippen LogP contribution in [0.2, 0.25) is 0 Å². The molecule has 1 amide bonds. The molecule has 1 aliphatic heterocycles. The van der Waals surface area contributed by atoms with Crippen LogP contribution in [0.1, 0.15) is 22.5 Å². The molecule has 1 aromatic heterocycles. The van der Waals surface area contributed by atoms with Crippen molar-refractivity contribution >= 4 is 21.6 Å². The topological polar surface area (TPSA) is 135 Å². The van der Waals surface area contributed by atoms with Gasteiger partial charge < -0.3 is 16.3 Å². The number of amides is 1. The smallest absolute Gasteiger partial charge is 0.269 e. The van der Waals surface area contributed by atoms with E-state index in [1.54, 1.807) is 0 Å². The second kappa shape index (κ2) is 6.08. The Hall–Kier alpha value is -2.16. The van der Waals surface area contributed by atoms with Gasteiger partial charge in [-0.05, 0) is 24.5 Å². The van der Waals surface area contributed by atoms with Crippen LogP contribution in [0.4, 0.5) is 0 Å². The van der Waals surface area contributed by atoms with Crippen molar-refractivity contribution in [3.05, 3.63) is 29.6 Å². The van der Waals surface area contributed by atoms with Crippen LogP contribution in [0.5, 0.6) is 0 Å². The number of sulfone groups is 1. The van der Waals surface area contributed by atoms with Gasteiger partial charge in [-0.1, -0.05) is 5.16 Å². The van der Waals surface area contributed by atoms with Gasteiger partial charge in [0.25, 0.3) is 5.91 Å². The van der Waals surface area contributed by atoms with Crippen molar-refractivity contribution < 1.29 is 18.4 Å². The number of oxime groups is 1. The van der Waals surface area contributed by atoms with E-state index in [0.29, 0.717) is 18.5 Å². The Kier molecular flexibility index (Phi) is 4.41. The van der Waals surface area contributed by atoms with Crippen LogP contribution in [-0.4, -0.2) is 48.4 Å². The summed E-state index contributed by atoms with van der Waals surface area (Å²) < 4.78 is 22.6. The number of amidine groups is 1. The zero-order valence-corrected chi connectivity index (χ0v) is 12.0. The van der Waals surface area contributed by atoms with E-state index < -0.39 is 9.84 Å². The molecule has 2 rings (SSSR count). The third-order valence-corrected chi connectivity index (χ3v) is 5.11. The molecular weight excluding hydrogens is 296 g/mol. The summed E-state index contributed by atoms with van der Waals surface area (Å²) in [6, 6.07) is 2.96. The number of nitrogens with zero attached hydrogens (tertiary/aromatic N) is 2. The molecule has 1 saturated heterocycles. The van der Waals surface area contributed by atoms with Crippen LogP contribution in [-0.2, 0) is 9.84 Å². The molecule has 0 radical (unpaired) electrons. The fraction of sp³-hybridized carbons (Fsp3) is 0.417. The van der Waals surface area contributed by atoms with Crippen molar-refractivity contribution in [2.45, 2.75) is 6.42 Å². The first-order valence-electron chi connectivity index (χ1n) is 6.34. The van der Waals surface area contributed by atoms with Gasteiger partial charge in [0.15, 0.2) is 15.7 Å². The van der Waals surface area contributed by atoms with Gasteiger partial charge in [-0.15, -0.1) is 0 Å². The minimum absolute atomic E-state index is 0.0459.